The monoisotopic (exact) mass is 449 g/mol. The normalized spacial score (nSPS) is 14.7. The first-order chi connectivity index (χ1) is 16.7. The summed E-state index contributed by atoms with van der Waals surface area (Å²) < 4.78 is 3.86. The Morgan fingerprint density at radius 3 is 2.59 bits per heavy atom. The van der Waals surface area contributed by atoms with Gasteiger partial charge in [0, 0.05) is 36.8 Å². The summed E-state index contributed by atoms with van der Waals surface area (Å²) in [5.41, 5.74) is 4.78. The predicted molar refractivity (Wildman–Crippen MR) is 129 cm³/mol. The Morgan fingerprint density at radius 2 is 1.82 bits per heavy atom. The molecule has 0 unspecified atom stereocenters. The van der Waals surface area contributed by atoms with Crippen LogP contribution in [-0.2, 0) is 7.05 Å². The Bertz CT molecular complexity index is 1490. The third-order valence-corrected chi connectivity index (χ3v) is 6.18. The number of aryl methyl sites for hydroxylation is 2. The van der Waals surface area contributed by atoms with E-state index in [1.54, 1.807) is 10.9 Å². The van der Waals surface area contributed by atoms with E-state index >= 15 is 0 Å². The molecule has 6 rings (SSSR count). The standard InChI is InChI=1S/C25H23N9/c1-4-21-25-31-30-16(2)33(25)22-14-27-23(29-24(22)34(21)18-12-28-32(3)15-18)19-10-11-26-13-20(19)17-8-6-5-7-9-17/h5-15,21H,4H2,1-3H3/t21-/m1/s1. The van der Waals surface area contributed by atoms with Gasteiger partial charge < -0.3 is 4.90 Å². The first-order valence-electron chi connectivity index (χ1n) is 11.2. The van der Waals surface area contributed by atoms with E-state index in [4.69, 9.17) is 9.97 Å². The van der Waals surface area contributed by atoms with Crippen molar-refractivity contribution in [2.45, 2.75) is 26.3 Å². The van der Waals surface area contributed by atoms with E-state index in [2.05, 4.69) is 48.8 Å². The third kappa shape index (κ3) is 3.08. The highest BCUT2D eigenvalue weighted by Crippen LogP contribution is 2.44. The molecule has 0 amide bonds. The van der Waals surface area contributed by atoms with E-state index < -0.39 is 0 Å². The van der Waals surface area contributed by atoms with Gasteiger partial charge >= 0.3 is 0 Å². The van der Waals surface area contributed by atoms with Crippen LogP contribution in [0, 0.1) is 6.92 Å². The fourth-order valence-corrected chi connectivity index (χ4v) is 4.62. The molecule has 1 atom stereocenters. The van der Waals surface area contributed by atoms with Crippen LogP contribution in [0.15, 0.2) is 67.4 Å². The maximum Gasteiger partial charge on any atom is 0.162 e. The molecule has 0 bridgehead atoms. The van der Waals surface area contributed by atoms with Gasteiger partial charge in [-0.1, -0.05) is 37.3 Å². The lowest BCUT2D eigenvalue weighted by molar-refractivity contribution is 0.587. The average molecular weight is 450 g/mol. The van der Waals surface area contributed by atoms with Crippen LogP contribution in [0.5, 0.6) is 0 Å². The number of hydrogen-bond donors (Lipinski definition) is 0. The van der Waals surface area contributed by atoms with Crippen molar-refractivity contribution < 1.29 is 0 Å². The summed E-state index contributed by atoms with van der Waals surface area (Å²) >= 11 is 0. The Kier molecular flexibility index (Phi) is 4.68. The topological polar surface area (TPSA) is 90.4 Å². The molecule has 0 saturated carbocycles. The number of anilines is 2. The van der Waals surface area contributed by atoms with Crippen LogP contribution in [0.2, 0.25) is 0 Å². The van der Waals surface area contributed by atoms with Crippen molar-refractivity contribution in [1.82, 2.24) is 39.5 Å². The van der Waals surface area contributed by atoms with Crippen LogP contribution in [0.3, 0.4) is 0 Å². The van der Waals surface area contributed by atoms with Crippen molar-refractivity contribution in [2.75, 3.05) is 4.90 Å². The SMILES string of the molecule is CC[C@@H]1c2nnc(C)n2-c2cnc(-c3ccncc3-c3ccccc3)nc2N1c1cnn(C)c1. The van der Waals surface area contributed by atoms with Crippen molar-refractivity contribution in [2.24, 2.45) is 7.05 Å². The first-order valence-corrected chi connectivity index (χ1v) is 11.2. The second kappa shape index (κ2) is 7.87. The summed E-state index contributed by atoms with van der Waals surface area (Å²) in [5.74, 6) is 3.13. The second-order valence-corrected chi connectivity index (χ2v) is 8.30. The molecule has 9 nitrogen and oxygen atoms in total. The fraction of sp³-hybridized carbons (Fsp3) is 0.200. The highest BCUT2D eigenvalue weighted by atomic mass is 15.4. The Morgan fingerprint density at radius 1 is 0.971 bits per heavy atom. The lowest BCUT2D eigenvalue weighted by Crippen LogP contribution is -2.32. The largest absolute Gasteiger partial charge is 0.311 e. The second-order valence-electron chi connectivity index (χ2n) is 8.30. The molecule has 9 heteroatoms. The zero-order valence-corrected chi connectivity index (χ0v) is 19.2. The summed E-state index contributed by atoms with van der Waals surface area (Å²) in [5, 5.41) is 13.3. The summed E-state index contributed by atoms with van der Waals surface area (Å²) in [6, 6.07) is 12.1. The Labute approximate surface area is 196 Å². The van der Waals surface area contributed by atoms with Crippen LogP contribution in [-0.4, -0.2) is 39.5 Å². The molecule has 1 aromatic carbocycles. The molecule has 5 heterocycles. The molecular formula is C25H23N9. The molecule has 0 N–H and O–H groups in total. The highest BCUT2D eigenvalue weighted by Gasteiger charge is 2.36. The maximum atomic E-state index is 5.13. The van der Waals surface area contributed by atoms with Gasteiger partial charge in [0.15, 0.2) is 17.5 Å². The van der Waals surface area contributed by atoms with Crippen molar-refractivity contribution >= 4 is 11.5 Å². The van der Waals surface area contributed by atoms with E-state index in [0.717, 1.165) is 52.0 Å². The Balaban J connectivity index is 1.59. The van der Waals surface area contributed by atoms with Gasteiger partial charge in [-0.3, -0.25) is 14.2 Å². The molecule has 0 fully saturated rings. The predicted octanol–water partition coefficient (Wildman–Crippen LogP) is 4.43. The van der Waals surface area contributed by atoms with E-state index in [9.17, 15) is 0 Å². The van der Waals surface area contributed by atoms with Gasteiger partial charge in [0.1, 0.15) is 11.5 Å². The number of benzene rings is 1. The Hall–Kier alpha value is -4.40. The smallest absolute Gasteiger partial charge is 0.162 e. The highest BCUT2D eigenvalue weighted by molar-refractivity contribution is 5.81. The molecule has 0 radical (unpaired) electrons. The van der Waals surface area contributed by atoms with Gasteiger partial charge in [-0.2, -0.15) is 5.10 Å². The van der Waals surface area contributed by atoms with Gasteiger partial charge in [-0.25, -0.2) is 9.97 Å². The molecule has 0 aliphatic carbocycles. The molecule has 34 heavy (non-hydrogen) atoms. The number of aromatic nitrogens is 8. The van der Waals surface area contributed by atoms with Gasteiger partial charge in [0.05, 0.1) is 24.1 Å². The molecule has 1 aliphatic rings. The van der Waals surface area contributed by atoms with Crippen LogP contribution < -0.4 is 4.90 Å². The van der Waals surface area contributed by atoms with Crippen LogP contribution in [0.1, 0.15) is 31.0 Å². The first kappa shape index (κ1) is 20.2. The summed E-state index contributed by atoms with van der Waals surface area (Å²) in [4.78, 5) is 16.5. The molecule has 168 valence electrons. The minimum atomic E-state index is -0.0355. The zero-order valence-electron chi connectivity index (χ0n) is 19.2. The molecule has 4 aromatic heterocycles. The minimum absolute atomic E-state index is 0.0355. The van der Waals surface area contributed by atoms with Crippen LogP contribution in [0.4, 0.5) is 11.5 Å². The third-order valence-electron chi connectivity index (χ3n) is 6.18. The molecule has 5 aromatic rings. The quantitative estimate of drug-likeness (QED) is 0.401. The number of hydrogen-bond acceptors (Lipinski definition) is 7. The van der Waals surface area contributed by atoms with Crippen LogP contribution >= 0.6 is 0 Å². The van der Waals surface area contributed by atoms with Gasteiger partial charge in [0.2, 0.25) is 0 Å². The van der Waals surface area contributed by atoms with E-state index in [1.807, 2.05) is 63.0 Å². The molecule has 1 aliphatic heterocycles. The van der Waals surface area contributed by atoms with Gasteiger partial charge in [-0.05, 0) is 25.0 Å². The summed E-state index contributed by atoms with van der Waals surface area (Å²) in [6.07, 6.45) is 10.2. The van der Waals surface area contributed by atoms with Crippen molar-refractivity contribution in [3.63, 3.8) is 0 Å². The molecule has 0 saturated heterocycles. The lowest BCUT2D eigenvalue weighted by Gasteiger charge is -2.36. The summed E-state index contributed by atoms with van der Waals surface area (Å²) in [6.45, 7) is 4.10. The van der Waals surface area contributed by atoms with E-state index in [1.165, 1.54) is 0 Å². The minimum Gasteiger partial charge on any atom is -0.311 e. The number of rotatable bonds is 4. The van der Waals surface area contributed by atoms with Gasteiger partial charge in [0.25, 0.3) is 0 Å². The fourth-order valence-electron chi connectivity index (χ4n) is 4.62. The van der Waals surface area contributed by atoms with Crippen molar-refractivity contribution in [1.29, 1.82) is 0 Å². The zero-order chi connectivity index (χ0) is 23.2. The number of nitrogens with zero attached hydrogens (tertiary/aromatic N) is 9. The number of fused-ring (bicyclic) bond motifs is 3. The lowest BCUT2D eigenvalue weighted by atomic mass is 10.0. The van der Waals surface area contributed by atoms with E-state index in [0.29, 0.717) is 5.82 Å². The maximum absolute atomic E-state index is 5.13. The number of pyridine rings is 1. The molecular weight excluding hydrogens is 426 g/mol. The van der Waals surface area contributed by atoms with Crippen LogP contribution in [0.25, 0.3) is 28.2 Å². The van der Waals surface area contributed by atoms with E-state index in [-0.39, 0.29) is 6.04 Å². The molecule has 0 spiro atoms. The van der Waals surface area contributed by atoms with Crippen molar-refractivity contribution in [3.8, 4) is 28.2 Å². The van der Waals surface area contributed by atoms with Gasteiger partial charge in [-0.15, -0.1) is 10.2 Å². The summed E-state index contributed by atoms with van der Waals surface area (Å²) in [7, 11) is 1.91. The van der Waals surface area contributed by atoms with Crippen molar-refractivity contribution in [3.05, 3.63) is 79.0 Å². The average Bonchev–Trinajstić information content (AvgIpc) is 3.49.